The van der Waals surface area contributed by atoms with Gasteiger partial charge in [0.05, 0.1) is 19.4 Å². The number of hydrogen-bond acceptors (Lipinski definition) is 4. The first-order chi connectivity index (χ1) is 10.0. The van der Waals surface area contributed by atoms with E-state index in [2.05, 4.69) is 33.8 Å². The Morgan fingerprint density at radius 3 is 2.10 bits per heavy atom. The van der Waals surface area contributed by atoms with Gasteiger partial charge in [-0.25, -0.2) is 0 Å². The molecule has 0 atom stereocenters. The lowest BCUT2D eigenvalue weighted by Crippen LogP contribution is -2.05. The summed E-state index contributed by atoms with van der Waals surface area (Å²) in [6.45, 7) is 9.49. The lowest BCUT2D eigenvalue weighted by atomic mass is 10.2. The second kappa shape index (κ2) is 9.78. The molecular weight excluding hydrogens is 303 g/mol. The molecule has 5 heteroatoms. The molecule has 0 radical (unpaired) electrons. The maximum absolute atomic E-state index is 12.8. The van der Waals surface area contributed by atoms with E-state index in [-0.39, 0.29) is 0 Å². The molecular formula is C16H29O3PS. The number of rotatable bonds is 11. The number of aryl methyl sites for hydroxylation is 3. The summed E-state index contributed by atoms with van der Waals surface area (Å²) in [6, 6.07) is 2.18. The SMILES string of the molecule is CCCCOP(=O)(CCc1cc(C)sc1C)OCCCC. The highest BCUT2D eigenvalue weighted by molar-refractivity contribution is 7.53. The van der Waals surface area contributed by atoms with Gasteiger partial charge in [-0.05, 0) is 44.7 Å². The Hall–Kier alpha value is -0.150. The zero-order chi connectivity index (χ0) is 15.7. The average Bonchev–Trinajstić information content (AvgIpc) is 2.76. The second-order valence-electron chi connectivity index (χ2n) is 5.40. The molecule has 1 aromatic rings. The van der Waals surface area contributed by atoms with Gasteiger partial charge in [-0.3, -0.25) is 4.57 Å². The van der Waals surface area contributed by atoms with Gasteiger partial charge >= 0.3 is 7.60 Å². The van der Waals surface area contributed by atoms with Crippen molar-refractivity contribution in [2.45, 2.75) is 59.8 Å². The van der Waals surface area contributed by atoms with Crippen LogP contribution in [-0.2, 0) is 20.0 Å². The minimum absolute atomic E-state index is 0.484. The second-order valence-corrected chi connectivity index (χ2v) is 9.04. The van der Waals surface area contributed by atoms with Crippen LogP contribution in [0.1, 0.15) is 54.8 Å². The molecule has 0 bridgehead atoms. The molecule has 0 aliphatic heterocycles. The minimum Gasteiger partial charge on any atom is -0.309 e. The maximum Gasteiger partial charge on any atom is 0.331 e. The van der Waals surface area contributed by atoms with E-state index in [1.165, 1.54) is 15.3 Å². The molecule has 0 saturated heterocycles. The predicted molar refractivity (Wildman–Crippen MR) is 91.7 cm³/mol. The summed E-state index contributed by atoms with van der Waals surface area (Å²) in [7, 11) is -2.95. The lowest BCUT2D eigenvalue weighted by Gasteiger charge is -2.18. The van der Waals surface area contributed by atoms with Crippen molar-refractivity contribution in [3.05, 3.63) is 21.4 Å². The summed E-state index contributed by atoms with van der Waals surface area (Å²) < 4.78 is 24.1. The summed E-state index contributed by atoms with van der Waals surface area (Å²) in [6.07, 6.45) is 5.19. The van der Waals surface area contributed by atoms with Crippen molar-refractivity contribution in [3.63, 3.8) is 0 Å². The van der Waals surface area contributed by atoms with E-state index in [9.17, 15) is 4.57 Å². The van der Waals surface area contributed by atoms with Crippen LogP contribution in [0.4, 0.5) is 0 Å². The fraction of sp³-hybridized carbons (Fsp3) is 0.750. The van der Waals surface area contributed by atoms with Crippen LogP contribution in [0.5, 0.6) is 0 Å². The molecule has 1 heterocycles. The third kappa shape index (κ3) is 7.10. The summed E-state index contributed by atoms with van der Waals surface area (Å²) in [5, 5.41) is 0. The van der Waals surface area contributed by atoms with Crippen molar-refractivity contribution in [2.24, 2.45) is 0 Å². The molecule has 21 heavy (non-hydrogen) atoms. The standard InChI is InChI=1S/C16H29O3PS/c1-5-7-10-18-20(17,19-11-8-6-2)12-9-16-13-14(3)21-15(16)4/h13H,5-12H2,1-4H3. The fourth-order valence-electron chi connectivity index (χ4n) is 2.05. The van der Waals surface area contributed by atoms with E-state index in [1.807, 2.05) is 0 Å². The number of hydrogen-bond donors (Lipinski definition) is 0. The van der Waals surface area contributed by atoms with Crippen molar-refractivity contribution < 1.29 is 13.6 Å². The van der Waals surface area contributed by atoms with E-state index in [0.29, 0.717) is 19.4 Å². The molecule has 0 aliphatic rings. The lowest BCUT2D eigenvalue weighted by molar-refractivity contribution is 0.200. The average molecular weight is 332 g/mol. The molecule has 0 N–H and O–H groups in total. The zero-order valence-electron chi connectivity index (χ0n) is 13.8. The van der Waals surface area contributed by atoms with E-state index in [4.69, 9.17) is 9.05 Å². The normalized spacial score (nSPS) is 12.0. The van der Waals surface area contributed by atoms with Crippen LogP contribution in [-0.4, -0.2) is 19.4 Å². The first kappa shape index (κ1) is 18.9. The van der Waals surface area contributed by atoms with Gasteiger partial charge in [-0.2, -0.15) is 0 Å². The molecule has 0 amide bonds. The van der Waals surface area contributed by atoms with Crippen LogP contribution in [0.15, 0.2) is 6.07 Å². The minimum atomic E-state index is -2.95. The highest BCUT2D eigenvalue weighted by Crippen LogP contribution is 2.49. The highest BCUT2D eigenvalue weighted by Gasteiger charge is 2.24. The smallest absolute Gasteiger partial charge is 0.309 e. The van der Waals surface area contributed by atoms with Gasteiger partial charge in [0.15, 0.2) is 0 Å². The topological polar surface area (TPSA) is 35.5 Å². The third-order valence-electron chi connectivity index (χ3n) is 3.37. The molecule has 0 saturated carbocycles. The molecule has 0 fully saturated rings. The third-order valence-corrected chi connectivity index (χ3v) is 6.30. The summed E-state index contributed by atoms with van der Waals surface area (Å²) in [4.78, 5) is 2.61. The maximum atomic E-state index is 12.8. The van der Waals surface area contributed by atoms with Crippen molar-refractivity contribution in [1.82, 2.24) is 0 Å². The van der Waals surface area contributed by atoms with Gasteiger partial charge in [0, 0.05) is 9.75 Å². The Balaban J connectivity index is 2.58. The van der Waals surface area contributed by atoms with Crippen molar-refractivity contribution >= 4 is 18.9 Å². The molecule has 0 aliphatic carbocycles. The molecule has 122 valence electrons. The first-order valence-corrected chi connectivity index (χ1v) is 10.5. The molecule has 1 rings (SSSR count). The Bertz CT molecular complexity index is 442. The Kier molecular flexibility index (Phi) is 8.80. The van der Waals surface area contributed by atoms with Crippen LogP contribution in [0, 0.1) is 13.8 Å². The Morgan fingerprint density at radius 1 is 1.10 bits per heavy atom. The van der Waals surface area contributed by atoms with Gasteiger partial charge in [0.25, 0.3) is 0 Å². The van der Waals surface area contributed by atoms with Gasteiger partial charge in [0.2, 0.25) is 0 Å². The van der Waals surface area contributed by atoms with Crippen LogP contribution >= 0.6 is 18.9 Å². The first-order valence-electron chi connectivity index (χ1n) is 7.94. The van der Waals surface area contributed by atoms with Crippen molar-refractivity contribution in [1.29, 1.82) is 0 Å². The summed E-state index contributed by atoms with van der Waals surface area (Å²) >= 11 is 1.79. The van der Waals surface area contributed by atoms with Crippen molar-refractivity contribution in [2.75, 3.05) is 19.4 Å². The largest absolute Gasteiger partial charge is 0.331 e. The molecule has 0 spiro atoms. The van der Waals surface area contributed by atoms with Gasteiger partial charge in [0.1, 0.15) is 0 Å². The van der Waals surface area contributed by atoms with E-state index >= 15 is 0 Å². The number of thiophene rings is 1. The molecule has 3 nitrogen and oxygen atoms in total. The Labute approximate surface area is 133 Å². The molecule has 0 aromatic carbocycles. The van der Waals surface area contributed by atoms with E-state index in [0.717, 1.165) is 32.1 Å². The van der Waals surface area contributed by atoms with Gasteiger partial charge in [-0.15, -0.1) is 11.3 Å². The van der Waals surface area contributed by atoms with Crippen LogP contribution < -0.4 is 0 Å². The molecule has 0 unspecified atom stereocenters. The van der Waals surface area contributed by atoms with E-state index in [1.54, 1.807) is 11.3 Å². The number of unbranched alkanes of at least 4 members (excludes halogenated alkanes) is 2. The van der Waals surface area contributed by atoms with Crippen LogP contribution in [0.3, 0.4) is 0 Å². The van der Waals surface area contributed by atoms with Crippen LogP contribution in [0.25, 0.3) is 0 Å². The summed E-state index contributed by atoms with van der Waals surface area (Å²) in [5.41, 5.74) is 1.27. The van der Waals surface area contributed by atoms with Gasteiger partial charge in [-0.1, -0.05) is 26.7 Å². The van der Waals surface area contributed by atoms with E-state index < -0.39 is 7.60 Å². The zero-order valence-corrected chi connectivity index (χ0v) is 15.5. The predicted octanol–water partition coefficient (Wildman–Crippen LogP) is 5.73. The molecule has 1 aromatic heterocycles. The fourth-order valence-corrected chi connectivity index (χ4v) is 4.69. The van der Waals surface area contributed by atoms with Crippen LogP contribution in [0.2, 0.25) is 0 Å². The van der Waals surface area contributed by atoms with Crippen molar-refractivity contribution in [3.8, 4) is 0 Å². The highest BCUT2D eigenvalue weighted by atomic mass is 32.1. The summed E-state index contributed by atoms with van der Waals surface area (Å²) in [5.74, 6) is 0. The quantitative estimate of drug-likeness (QED) is 0.383. The van der Waals surface area contributed by atoms with Gasteiger partial charge < -0.3 is 9.05 Å². The Morgan fingerprint density at radius 2 is 1.67 bits per heavy atom. The monoisotopic (exact) mass is 332 g/mol.